The third-order valence-electron chi connectivity index (χ3n) is 3.59. The van der Waals surface area contributed by atoms with Gasteiger partial charge in [-0.05, 0) is 30.7 Å². The highest BCUT2D eigenvalue weighted by Gasteiger charge is 2.21. The molecule has 0 atom stereocenters. The molecule has 1 aliphatic heterocycles. The number of anilines is 1. The molecule has 0 spiro atoms. The predicted octanol–water partition coefficient (Wildman–Crippen LogP) is 3.20. The van der Waals surface area contributed by atoms with E-state index in [4.69, 9.17) is 4.74 Å². The zero-order valence-electron chi connectivity index (χ0n) is 12.4. The normalized spacial score (nSPS) is 16.0. The summed E-state index contributed by atoms with van der Waals surface area (Å²) < 4.78 is 4.79. The molecule has 2 aromatic rings. The van der Waals surface area contributed by atoms with Crippen molar-refractivity contribution in [2.24, 2.45) is 4.99 Å². The summed E-state index contributed by atoms with van der Waals surface area (Å²) in [5, 5.41) is 0. The van der Waals surface area contributed by atoms with Crippen LogP contribution >= 0.6 is 0 Å². The van der Waals surface area contributed by atoms with E-state index in [1.807, 2.05) is 18.2 Å². The first-order valence-electron chi connectivity index (χ1n) is 7.23. The quantitative estimate of drug-likeness (QED) is 0.816. The number of pyridine rings is 1. The number of carbonyl (C=O) groups excluding carboxylic acids is 1. The molecular weight excluding hydrogens is 278 g/mol. The van der Waals surface area contributed by atoms with Gasteiger partial charge in [0.15, 0.2) is 5.82 Å². The second-order valence-electron chi connectivity index (χ2n) is 4.98. The molecule has 0 aliphatic carbocycles. The van der Waals surface area contributed by atoms with Gasteiger partial charge in [-0.15, -0.1) is 0 Å². The maximum Gasteiger partial charge on any atom is 0.341 e. The molecule has 0 bridgehead atoms. The topological polar surface area (TPSA) is 54.8 Å². The van der Waals surface area contributed by atoms with Crippen molar-refractivity contribution in [3.05, 3.63) is 54.2 Å². The molecule has 112 valence electrons. The zero-order chi connectivity index (χ0) is 15.4. The molecule has 0 radical (unpaired) electrons. The molecule has 3 rings (SSSR count). The number of para-hydroxylation sites is 1. The monoisotopic (exact) mass is 295 g/mol. The third-order valence-corrected chi connectivity index (χ3v) is 3.59. The van der Waals surface area contributed by atoms with Crippen molar-refractivity contribution in [3.8, 4) is 0 Å². The SMILES string of the molecule is COC(=O)c1cccnc1N=C1CCCN1c1ccccc1. The van der Waals surface area contributed by atoms with Crippen LogP contribution in [0.15, 0.2) is 53.7 Å². The average Bonchev–Trinajstić information content (AvgIpc) is 3.03. The van der Waals surface area contributed by atoms with Crippen LogP contribution < -0.4 is 4.90 Å². The third kappa shape index (κ3) is 2.83. The minimum Gasteiger partial charge on any atom is -0.465 e. The van der Waals surface area contributed by atoms with Crippen molar-refractivity contribution in [3.63, 3.8) is 0 Å². The summed E-state index contributed by atoms with van der Waals surface area (Å²) in [4.78, 5) is 22.8. The van der Waals surface area contributed by atoms with Crippen LogP contribution in [0.4, 0.5) is 11.5 Å². The number of methoxy groups -OCH3 is 1. The van der Waals surface area contributed by atoms with Crippen LogP contribution in [0.3, 0.4) is 0 Å². The Morgan fingerprint density at radius 2 is 2.05 bits per heavy atom. The van der Waals surface area contributed by atoms with Crippen LogP contribution in [0.25, 0.3) is 0 Å². The Morgan fingerprint density at radius 1 is 1.23 bits per heavy atom. The van der Waals surface area contributed by atoms with E-state index in [2.05, 4.69) is 27.0 Å². The fraction of sp³-hybridized carbons (Fsp3) is 0.235. The van der Waals surface area contributed by atoms with E-state index in [1.165, 1.54) is 7.11 Å². The molecule has 0 unspecified atom stereocenters. The highest BCUT2D eigenvalue weighted by atomic mass is 16.5. The standard InChI is InChI=1S/C17H17N3O2/c1-22-17(21)14-9-5-11-18-16(14)19-15-10-6-12-20(15)13-7-3-2-4-8-13/h2-5,7-9,11H,6,10,12H2,1H3. The van der Waals surface area contributed by atoms with E-state index in [9.17, 15) is 4.79 Å². The van der Waals surface area contributed by atoms with E-state index >= 15 is 0 Å². The van der Waals surface area contributed by atoms with E-state index in [1.54, 1.807) is 18.3 Å². The Kier molecular flexibility index (Phi) is 4.14. The summed E-state index contributed by atoms with van der Waals surface area (Å²) in [6.07, 6.45) is 3.54. The first-order chi connectivity index (χ1) is 10.8. The van der Waals surface area contributed by atoms with Crippen LogP contribution in [0.5, 0.6) is 0 Å². The highest BCUT2D eigenvalue weighted by molar-refractivity contribution is 6.02. The smallest absolute Gasteiger partial charge is 0.341 e. The number of hydrogen-bond donors (Lipinski definition) is 0. The van der Waals surface area contributed by atoms with E-state index in [0.717, 1.165) is 30.9 Å². The van der Waals surface area contributed by atoms with Crippen molar-refractivity contribution in [1.82, 2.24) is 4.98 Å². The molecule has 1 saturated heterocycles. The lowest BCUT2D eigenvalue weighted by molar-refractivity contribution is 0.0601. The Bertz CT molecular complexity index is 698. The van der Waals surface area contributed by atoms with Gasteiger partial charge >= 0.3 is 5.97 Å². The van der Waals surface area contributed by atoms with Gasteiger partial charge in [0.25, 0.3) is 0 Å². The van der Waals surface area contributed by atoms with Gasteiger partial charge in [-0.2, -0.15) is 0 Å². The highest BCUT2D eigenvalue weighted by Crippen LogP contribution is 2.25. The molecule has 22 heavy (non-hydrogen) atoms. The lowest BCUT2D eigenvalue weighted by atomic mass is 10.2. The first-order valence-corrected chi connectivity index (χ1v) is 7.23. The van der Waals surface area contributed by atoms with E-state index < -0.39 is 5.97 Å². The second-order valence-corrected chi connectivity index (χ2v) is 4.98. The Hall–Kier alpha value is -2.69. The zero-order valence-corrected chi connectivity index (χ0v) is 12.4. The van der Waals surface area contributed by atoms with Crippen LogP contribution in [-0.2, 0) is 4.74 Å². The first kappa shape index (κ1) is 14.3. The summed E-state index contributed by atoms with van der Waals surface area (Å²) in [5.41, 5.74) is 1.49. The van der Waals surface area contributed by atoms with E-state index in [0.29, 0.717) is 11.4 Å². The maximum atomic E-state index is 11.8. The van der Waals surface area contributed by atoms with Gasteiger partial charge in [-0.25, -0.2) is 14.8 Å². The Labute approximate surface area is 129 Å². The number of aliphatic imine (C=N–C) groups is 1. The predicted molar refractivity (Wildman–Crippen MR) is 85.7 cm³/mol. The van der Waals surface area contributed by atoms with Gasteiger partial charge in [0.2, 0.25) is 0 Å². The molecule has 0 amide bonds. The van der Waals surface area contributed by atoms with Gasteiger partial charge in [0.1, 0.15) is 11.4 Å². The molecule has 0 N–H and O–H groups in total. The summed E-state index contributed by atoms with van der Waals surface area (Å²) in [6, 6.07) is 13.5. The molecule has 1 aromatic carbocycles. The molecular formula is C17H17N3O2. The molecule has 1 aromatic heterocycles. The number of ether oxygens (including phenoxy) is 1. The molecule has 5 nitrogen and oxygen atoms in total. The van der Waals surface area contributed by atoms with Gasteiger partial charge in [0, 0.05) is 24.8 Å². The van der Waals surface area contributed by atoms with Gasteiger partial charge in [-0.1, -0.05) is 18.2 Å². The summed E-state index contributed by atoms with van der Waals surface area (Å²) in [5.74, 6) is 0.916. The Morgan fingerprint density at radius 3 is 2.82 bits per heavy atom. The number of rotatable bonds is 3. The summed E-state index contributed by atoms with van der Waals surface area (Å²) in [6.45, 7) is 0.920. The van der Waals surface area contributed by atoms with Crippen molar-refractivity contribution in [1.29, 1.82) is 0 Å². The Balaban J connectivity index is 1.96. The molecule has 0 saturated carbocycles. The van der Waals surface area contributed by atoms with Crippen LogP contribution in [0.1, 0.15) is 23.2 Å². The van der Waals surface area contributed by atoms with Crippen LogP contribution in [0.2, 0.25) is 0 Å². The van der Waals surface area contributed by atoms with Crippen molar-refractivity contribution in [2.75, 3.05) is 18.6 Å². The maximum absolute atomic E-state index is 11.8. The van der Waals surface area contributed by atoms with Gasteiger partial charge in [0.05, 0.1) is 7.11 Å². The minimum atomic E-state index is -0.420. The number of esters is 1. The minimum absolute atomic E-state index is 0.386. The average molecular weight is 295 g/mol. The molecule has 1 fully saturated rings. The van der Waals surface area contributed by atoms with Crippen molar-refractivity contribution in [2.45, 2.75) is 12.8 Å². The lowest BCUT2D eigenvalue weighted by Gasteiger charge is -2.19. The number of hydrogen-bond acceptors (Lipinski definition) is 4. The number of nitrogens with zero attached hydrogens (tertiary/aromatic N) is 3. The number of carbonyl (C=O) groups is 1. The largest absolute Gasteiger partial charge is 0.465 e. The number of amidine groups is 1. The molecule has 5 heteroatoms. The fourth-order valence-corrected chi connectivity index (χ4v) is 2.54. The molecule has 2 heterocycles. The van der Waals surface area contributed by atoms with Gasteiger partial charge in [-0.3, -0.25) is 0 Å². The fourth-order valence-electron chi connectivity index (χ4n) is 2.54. The van der Waals surface area contributed by atoms with Crippen LogP contribution in [-0.4, -0.2) is 30.4 Å². The van der Waals surface area contributed by atoms with Crippen molar-refractivity contribution >= 4 is 23.3 Å². The van der Waals surface area contributed by atoms with Crippen molar-refractivity contribution < 1.29 is 9.53 Å². The summed E-state index contributed by atoms with van der Waals surface area (Å²) in [7, 11) is 1.36. The number of benzene rings is 1. The summed E-state index contributed by atoms with van der Waals surface area (Å²) >= 11 is 0. The van der Waals surface area contributed by atoms with E-state index in [-0.39, 0.29) is 0 Å². The van der Waals surface area contributed by atoms with Crippen LogP contribution in [0, 0.1) is 0 Å². The number of aromatic nitrogens is 1. The second kappa shape index (κ2) is 6.39. The van der Waals surface area contributed by atoms with Gasteiger partial charge < -0.3 is 9.64 Å². The molecule has 1 aliphatic rings. The lowest BCUT2D eigenvalue weighted by Crippen LogP contribution is -2.24.